The predicted octanol–water partition coefficient (Wildman–Crippen LogP) is 5.06. The highest BCUT2D eigenvalue weighted by Gasteiger charge is 2.68. The third-order valence-corrected chi connectivity index (χ3v) is 7.73. The first-order chi connectivity index (χ1) is 16.7. The molecule has 4 aromatic carbocycles. The van der Waals surface area contributed by atoms with Crippen LogP contribution >= 0.6 is 0 Å². The number of carbonyl (C=O) groups excluding carboxylic acids is 2. The number of anilines is 1. The fourth-order valence-electron chi connectivity index (χ4n) is 6.45. The van der Waals surface area contributed by atoms with E-state index in [0.29, 0.717) is 5.69 Å². The molecular formula is C30H22N2O2. The van der Waals surface area contributed by atoms with Crippen LogP contribution in [0.2, 0.25) is 0 Å². The SMILES string of the molecule is O=C1[C@H]2[C@@H](C(=O)N1c1ccccc1)C1(N[C@H]2c2ccccc2)c2ccccc2-c2ccccc21. The van der Waals surface area contributed by atoms with E-state index < -0.39 is 17.4 Å². The lowest BCUT2D eigenvalue weighted by Crippen LogP contribution is -2.47. The van der Waals surface area contributed by atoms with E-state index in [1.54, 1.807) is 0 Å². The minimum Gasteiger partial charge on any atom is -0.295 e. The molecule has 4 heteroatoms. The van der Waals surface area contributed by atoms with Crippen LogP contribution in [0.3, 0.4) is 0 Å². The summed E-state index contributed by atoms with van der Waals surface area (Å²) in [5.74, 6) is -1.33. The van der Waals surface area contributed by atoms with Gasteiger partial charge in [-0.25, -0.2) is 4.90 Å². The molecule has 0 bridgehead atoms. The normalized spacial score (nSPS) is 23.8. The van der Waals surface area contributed by atoms with Gasteiger partial charge in [-0.2, -0.15) is 0 Å². The van der Waals surface area contributed by atoms with Gasteiger partial charge in [0.1, 0.15) is 0 Å². The molecule has 3 atom stereocenters. The van der Waals surface area contributed by atoms with Crippen LogP contribution in [-0.4, -0.2) is 11.8 Å². The summed E-state index contributed by atoms with van der Waals surface area (Å²) < 4.78 is 0. The Kier molecular flexibility index (Phi) is 4.00. The minimum absolute atomic E-state index is 0.138. The lowest BCUT2D eigenvalue weighted by molar-refractivity contribution is -0.123. The fourth-order valence-corrected chi connectivity index (χ4v) is 6.45. The van der Waals surface area contributed by atoms with Crippen molar-refractivity contribution in [1.29, 1.82) is 0 Å². The summed E-state index contributed by atoms with van der Waals surface area (Å²) in [4.78, 5) is 29.6. The second-order valence-corrected chi connectivity index (χ2v) is 9.28. The smallest absolute Gasteiger partial charge is 0.240 e. The Bertz CT molecular complexity index is 1400. The van der Waals surface area contributed by atoms with Crippen molar-refractivity contribution in [2.75, 3.05) is 4.90 Å². The van der Waals surface area contributed by atoms with E-state index in [0.717, 1.165) is 27.8 Å². The number of para-hydroxylation sites is 1. The van der Waals surface area contributed by atoms with E-state index in [-0.39, 0.29) is 17.9 Å². The Balaban J connectivity index is 1.50. The summed E-state index contributed by atoms with van der Waals surface area (Å²) in [6.45, 7) is 0. The van der Waals surface area contributed by atoms with Gasteiger partial charge < -0.3 is 0 Å². The van der Waals surface area contributed by atoms with Crippen molar-refractivity contribution < 1.29 is 9.59 Å². The first-order valence-electron chi connectivity index (χ1n) is 11.7. The van der Waals surface area contributed by atoms with Crippen LogP contribution in [0, 0.1) is 11.8 Å². The van der Waals surface area contributed by atoms with Crippen LogP contribution in [0.25, 0.3) is 11.1 Å². The van der Waals surface area contributed by atoms with Gasteiger partial charge in [0.25, 0.3) is 0 Å². The molecule has 1 aliphatic carbocycles. The van der Waals surface area contributed by atoms with Crippen molar-refractivity contribution in [3.63, 3.8) is 0 Å². The van der Waals surface area contributed by atoms with E-state index >= 15 is 0 Å². The predicted molar refractivity (Wildman–Crippen MR) is 131 cm³/mol. The minimum atomic E-state index is -0.769. The Morgan fingerprint density at radius 2 is 1.15 bits per heavy atom. The molecule has 2 fully saturated rings. The molecule has 4 nitrogen and oxygen atoms in total. The number of hydrogen-bond acceptors (Lipinski definition) is 3. The van der Waals surface area contributed by atoms with Crippen LogP contribution in [-0.2, 0) is 15.1 Å². The highest BCUT2D eigenvalue weighted by atomic mass is 16.2. The lowest BCUT2D eigenvalue weighted by Gasteiger charge is -2.33. The maximum Gasteiger partial charge on any atom is 0.240 e. The molecule has 34 heavy (non-hydrogen) atoms. The number of nitrogens with zero attached hydrogens (tertiary/aromatic N) is 1. The van der Waals surface area contributed by atoms with E-state index in [4.69, 9.17) is 0 Å². The third kappa shape index (κ3) is 2.36. The molecule has 2 amide bonds. The molecule has 2 saturated heterocycles. The molecular weight excluding hydrogens is 420 g/mol. The van der Waals surface area contributed by atoms with Gasteiger partial charge >= 0.3 is 0 Å². The third-order valence-electron chi connectivity index (χ3n) is 7.73. The monoisotopic (exact) mass is 442 g/mol. The maximum atomic E-state index is 14.2. The average molecular weight is 443 g/mol. The van der Waals surface area contributed by atoms with Crippen molar-refractivity contribution in [2.45, 2.75) is 11.6 Å². The molecule has 2 aliphatic heterocycles. The molecule has 0 unspecified atom stereocenters. The van der Waals surface area contributed by atoms with Gasteiger partial charge in [-0.3, -0.25) is 14.9 Å². The molecule has 2 heterocycles. The second-order valence-electron chi connectivity index (χ2n) is 9.28. The molecule has 4 aromatic rings. The summed E-state index contributed by atoms with van der Waals surface area (Å²) in [5.41, 5.74) is 5.27. The van der Waals surface area contributed by atoms with Crippen molar-refractivity contribution in [2.24, 2.45) is 11.8 Å². The van der Waals surface area contributed by atoms with Crippen LogP contribution in [0.5, 0.6) is 0 Å². The Hall–Kier alpha value is -4.02. The van der Waals surface area contributed by atoms with Crippen molar-refractivity contribution in [1.82, 2.24) is 5.32 Å². The molecule has 7 rings (SSSR count). The summed E-state index contributed by atoms with van der Waals surface area (Å²) in [6, 6.07) is 35.6. The molecule has 1 spiro atoms. The number of rotatable bonds is 2. The quantitative estimate of drug-likeness (QED) is 0.442. The van der Waals surface area contributed by atoms with Crippen LogP contribution in [0.1, 0.15) is 22.7 Å². The Morgan fingerprint density at radius 1 is 0.618 bits per heavy atom. The Labute approximate surface area is 197 Å². The number of carbonyl (C=O) groups is 2. The first kappa shape index (κ1) is 19.4. The number of fused-ring (bicyclic) bond motifs is 7. The van der Waals surface area contributed by atoms with Crippen LogP contribution < -0.4 is 10.2 Å². The zero-order valence-electron chi connectivity index (χ0n) is 18.4. The van der Waals surface area contributed by atoms with Crippen LogP contribution in [0.15, 0.2) is 109 Å². The fraction of sp³-hybridized carbons (Fsp3) is 0.133. The van der Waals surface area contributed by atoms with Gasteiger partial charge in [0.05, 0.1) is 23.1 Å². The van der Waals surface area contributed by atoms with Gasteiger partial charge in [0, 0.05) is 6.04 Å². The molecule has 0 saturated carbocycles. The summed E-state index contributed by atoms with van der Waals surface area (Å²) in [7, 11) is 0. The van der Waals surface area contributed by atoms with E-state index in [2.05, 4.69) is 29.6 Å². The molecule has 0 aromatic heterocycles. The zero-order chi connectivity index (χ0) is 22.9. The highest BCUT2D eigenvalue weighted by molar-refractivity contribution is 6.23. The molecule has 0 radical (unpaired) electrons. The highest BCUT2D eigenvalue weighted by Crippen LogP contribution is 2.61. The summed E-state index contributed by atoms with van der Waals surface area (Å²) in [5, 5.41) is 3.86. The zero-order valence-corrected chi connectivity index (χ0v) is 18.4. The van der Waals surface area contributed by atoms with Gasteiger partial charge in [-0.1, -0.05) is 97.1 Å². The van der Waals surface area contributed by atoms with E-state index in [9.17, 15) is 9.59 Å². The van der Waals surface area contributed by atoms with E-state index in [1.807, 2.05) is 84.9 Å². The standard InChI is InChI=1S/C30H22N2O2/c33-28-25-26(29(34)32(28)20-13-5-2-6-14-20)30(31-27(25)19-11-3-1-4-12-19)23-17-9-7-15-21(23)22-16-8-10-18-24(22)30/h1-18,25-27,31H/t25-,26-,27-/m0/s1. The average Bonchev–Trinajstić information content (AvgIpc) is 3.49. The molecule has 3 aliphatic rings. The maximum absolute atomic E-state index is 14.2. The summed E-state index contributed by atoms with van der Waals surface area (Å²) >= 11 is 0. The molecule has 1 N–H and O–H groups in total. The number of hydrogen-bond donors (Lipinski definition) is 1. The number of imide groups is 1. The first-order valence-corrected chi connectivity index (χ1v) is 11.7. The largest absolute Gasteiger partial charge is 0.295 e. The van der Waals surface area contributed by atoms with Gasteiger partial charge in [-0.05, 0) is 39.9 Å². The van der Waals surface area contributed by atoms with Gasteiger partial charge in [-0.15, -0.1) is 0 Å². The number of benzene rings is 4. The molecule has 164 valence electrons. The lowest BCUT2D eigenvalue weighted by atomic mass is 9.74. The summed E-state index contributed by atoms with van der Waals surface area (Å²) in [6.07, 6.45) is 0. The van der Waals surface area contributed by atoms with Crippen molar-refractivity contribution in [3.8, 4) is 11.1 Å². The van der Waals surface area contributed by atoms with Gasteiger partial charge in [0.15, 0.2) is 0 Å². The van der Waals surface area contributed by atoms with Gasteiger partial charge in [0.2, 0.25) is 11.8 Å². The Morgan fingerprint density at radius 3 is 1.76 bits per heavy atom. The van der Waals surface area contributed by atoms with E-state index in [1.165, 1.54) is 4.90 Å². The van der Waals surface area contributed by atoms with Crippen LogP contribution in [0.4, 0.5) is 5.69 Å². The number of nitrogens with one attached hydrogen (secondary N) is 1. The van der Waals surface area contributed by atoms with Crippen molar-refractivity contribution >= 4 is 17.5 Å². The number of amides is 2. The second kappa shape index (κ2) is 6.99. The van der Waals surface area contributed by atoms with Crippen molar-refractivity contribution in [3.05, 3.63) is 126 Å². The topological polar surface area (TPSA) is 49.4 Å².